The van der Waals surface area contributed by atoms with Gasteiger partial charge in [-0.15, -0.1) is 5.10 Å². The van der Waals surface area contributed by atoms with E-state index in [1.165, 1.54) is 31.4 Å². The molecule has 9 nitrogen and oxygen atoms in total. The van der Waals surface area contributed by atoms with Crippen LogP contribution < -0.4 is 9.47 Å². The van der Waals surface area contributed by atoms with Crippen molar-refractivity contribution < 1.29 is 27.1 Å². The molecule has 0 radical (unpaired) electrons. The topological polar surface area (TPSA) is 121 Å². The number of nitrogens with zero attached hydrogens (tertiary/aromatic N) is 3. The fourth-order valence-corrected chi connectivity index (χ4v) is 4.98. The van der Waals surface area contributed by atoms with Crippen LogP contribution in [0.1, 0.15) is 11.1 Å². The number of hydrazone groups is 1. The molecule has 13 heteroatoms. The van der Waals surface area contributed by atoms with Crippen LogP contribution in [0.25, 0.3) is 6.08 Å². The first-order valence-electron chi connectivity index (χ1n) is 9.52. The molecule has 0 aromatic heterocycles. The normalized spacial score (nSPS) is 16.9. The first kappa shape index (κ1) is 23.9. The number of amidine groups is 2. The number of hydrogen-bond donors (Lipinski definition) is 1. The zero-order valence-corrected chi connectivity index (χ0v) is 20.1. The molecule has 2 aromatic rings. The molecule has 1 N–H and O–H groups in total. The van der Waals surface area contributed by atoms with Crippen molar-refractivity contribution in [3.63, 3.8) is 0 Å². The molecule has 0 bridgehead atoms. The van der Waals surface area contributed by atoms with E-state index in [0.29, 0.717) is 22.9 Å². The van der Waals surface area contributed by atoms with E-state index in [-0.39, 0.29) is 44.1 Å². The maximum atomic E-state index is 13.9. The average molecular weight is 523 g/mol. The molecule has 176 valence electrons. The Morgan fingerprint density at radius 2 is 2.03 bits per heavy atom. The summed E-state index contributed by atoms with van der Waals surface area (Å²) in [6, 6.07) is 9.16. The Bertz CT molecular complexity index is 1420. The van der Waals surface area contributed by atoms with Crippen LogP contribution in [0, 0.1) is 11.2 Å². The van der Waals surface area contributed by atoms with E-state index in [0.717, 1.165) is 11.3 Å². The highest BCUT2D eigenvalue weighted by atomic mass is 35.5. The number of amides is 1. The molecule has 0 saturated heterocycles. The summed E-state index contributed by atoms with van der Waals surface area (Å²) < 4.78 is 48.2. The molecule has 0 fully saturated rings. The van der Waals surface area contributed by atoms with Crippen LogP contribution in [0.15, 0.2) is 52.1 Å². The molecule has 0 unspecified atom stereocenters. The number of carbonyl (C=O) groups is 1. The van der Waals surface area contributed by atoms with Gasteiger partial charge in [0.1, 0.15) is 12.4 Å². The molecule has 0 atom stereocenters. The van der Waals surface area contributed by atoms with Crippen molar-refractivity contribution in [1.82, 2.24) is 5.01 Å². The fourth-order valence-electron chi connectivity index (χ4n) is 3.02. The largest absolute Gasteiger partial charge is 0.493 e. The highest BCUT2D eigenvalue weighted by molar-refractivity contribution is 8.42. The molecule has 2 heterocycles. The summed E-state index contributed by atoms with van der Waals surface area (Å²) in [5.41, 5.74) is 0.603. The molecule has 0 aliphatic carbocycles. The fraction of sp³-hybridized carbons (Fsp3) is 0.143. The molecule has 2 aromatic carbocycles. The van der Waals surface area contributed by atoms with Gasteiger partial charge in [-0.05, 0) is 41.6 Å². The number of benzene rings is 2. The lowest BCUT2D eigenvalue weighted by molar-refractivity contribution is -0.114. The van der Waals surface area contributed by atoms with Gasteiger partial charge in [0.2, 0.25) is 19.4 Å². The van der Waals surface area contributed by atoms with E-state index >= 15 is 0 Å². The van der Waals surface area contributed by atoms with Crippen molar-refractivity contribution in [2.24, 2.45) is 10.1 Å². The van der Waals surface area contributed by atoms with Gasteiger partial charge in [0.15, 0.2) is 17.3 Å². The monoisotopic (exact) mass is 522 g/mol. The molecule has 2 aliphatic heterocycles. The van der Waals surface area contributed by atoms with Crippen LogP contribution in [-0.2, 0) is 21.2 Å². The van der Waals surface area contributed by atoms with Crippen molar-refractivity contribution >= 4 is 60.6 Å². The number of thioether (sulfide) groups is 1. The summed E-state index contributed by atoms with van der Waals surface area (Å²) >= 11 is 7.07. The van der Waals surface area contributed by atoms with Gasteiger partial charge in [-0.3, -0.25) is 10.2 Å². The number of rotatable bonds is 5. The number of carbonyl (C=O) groups excluding carboxylic acids is 1. The summed E-state index contributed by atoms with van der Waals surface area (Å²) in [5, 5.41) is 13.3. The minimum atomic E-state index is -3.63. The number of nitrogens with one attached hydrogen (secondary N) is 1. The summed E-state index contributed by atoms with van der Waals surface area (Å²) in [5.74, 6) is -1.09. The number of aliphatic imine (C=N–C) groups is 1. The molecule has 0 spiro atoms. The minimum Gasteiger partial charge on any atom is -0.493 e. The lowest BCUT2D eigenvalue weighted by Gasteiger charge is -2.20. The maximum absolute atomic E-state index is 13.9. The Hall–Kier alpha value is -3.22. The lowest BCUT2D eigenvalue weighted by atomic mass is 10.1. The molecule has 1 amide bonds. The second-order valence-corrected chi connectivity index (χ2v) is 10.6. The first-order valence-corrected chi connectivity index (χ1v) is 12.6. The van der Waals surface area contributed by atoms with Crippen LogP contribution in [0.5, 0.6) is 11.5 Å². The predicted octanol–water partition coefficient (Wildman–Crippen LogP) is 3.69. The zero-order chi connectivity index (χ0) is 24.6. The standard InChI is InChI=1S/C21H16ClFN4O5S2/c1-31-16-9-11(8-14(22)17(16)32-10-12-5-3-4-6-15(12)23)7-13-18(24)27-20(25-19(13)28)33-21(26-27)34(2,29)30/h3-9,24H,10H2,1-2H3/b13-7+,24-18?. The quantitative estimate of drug-likeness (QED) is 0.594. The van der Waals surface area contributed by atoms with Gasteiger partial charge in [0, 0.05) is 11.8 Å². The smallest absolute Gasteiger partial charge is 0.283 e. The predicted molar refractivity (Wildman–Crippen MR) is 129 cm³/mol. The highest BCUT2D eigenvalue weighted by Gasteiger charge is 2.38. The van der Waals surface area contributed by atoms with E-state index in [9.17, 15) is 17.6 Å². The van der Waals surface area contributed by atoms with E-state index in [2.05, 4.69) is 10.1 Å². The van der Waals surface area contributed by atoms with Gasteiger partial charge < -0.3 is 9.47 Å². The molecular weight excluding hydrogens is 507 g/mol. The number of sulfone groups is 1. The Kier molecular flexibility index (Phi) is 6.47. The van der Waals surface area contributed by atoms with Gasteiger partial charge in [-0.25, -0.2) is 12.8 Å². The van der Waals surface area contributed by atoms with Crippen LogP contribution >= 0.6 is 23.4 Å². The molecule has 4 rings (SSSR count). The van der Waals surface area contributed by atoms with E-state index < -0.39 is 21.6 Å². The average Bonchev–Trinajstić information content (AvgIpc) is 3.21. The van der Waals surface area contributed by atoms with Crippen LogP contribution in [0.2, 0.25) is 5.02 Å². The van der Waals surface area contributed by atoms with Gasteiger partial charge >= 0.3 is 0 Å². The first-order chi connectivity index (χ1) is 16.1. The Labute approximate surface area is 203 Å². The second kappa shape index (κ2) is 9.20. The number of halogens is 2. The Morgan fingerprint density at radius 1 is 1.29 bits per heavy atom. The number of fused-ring (bicyclic) bond motifs is 1. The second-order valence-electron chi connectivity index (χ2n) is 7.07. The minimum absolute atomic E-state index is 0.0138. The summed E-state index contributed by atoms with van der Waals surface area (Å²) in [4.78, 5) is 16.4. The number of hydrogen-bond acceptors (Lipinski definition) is 8. The van der Waals surface area contributed by atoms with Crippen molar-refractivity contribution in [2.75, 3.05) is 13.4 Å². The third kappa shape index (κ3) is 4.69. The zero-order valence-electron chi connectivity index (χ0n) is 17.7. The summed E-state index contributed by atoms with van der Waals surface area (Å²) in [6.07, 6.45) is 2.34. The van der Waals surface area contributed by atoms with E-state index in [1.54, 1.807) is 18.2 Å². The lowest BCUT2D eigenvalue weighted by Crippen LogP contribution is -2.35. The van der Waals surface area contributed by atoms with Crippen molar-refractivity contribution in [1.29, 1.82) is 5.41 Å². The molecule has 34 heavy (non-hydrogen) atoms. The van der Waals surface area contributed by atoms with Crippen molar-refractivity contribution in [2.45, 2.75) is 6.61 Å². The third-order valence-corrected chi connectivity index (χ3v) is 7.50. The van der Waals surface area contributed by atoms with Crippen LogP contribution in [-0.4, -0.2) is 48.1 Å². The van der Waals surface area contributed by atoms with Gasteiger partial charge in [-0.1, -0.05) is 29.8 Å². The van der Waals surface area contributed by atoms with Crippen molar-refractivity contribution in [3.8, 4) is 11.5 Å². The molecule has 0 saturated carbocycles. The third-order valence-electron chi connectivity index (χ3n) is 4.65. The Balaban J connectivity index is 1.64. The van der Waals surface area contributed by atoms with E-state index in [1.807, 2.05) is 0 Å². The van der Waals surface area contributed by atoms with Gasteiger partial charge in [0.05, 0.1) is 17.7 Å². The molecule has 2 aliphatic rings. The number of methoxy groups -OCH3 is 1. The van der Waals surface area contributed by atoms with Gasteiger partial charge in [0.25, 0.3) is 5.91 Å². The highest BCUT2D eigenvalue weighted by Crippen LogP contribution is 2.38. The summed E-state index contributed by atoms with van der Waals surface area (Å²) in [7, 11) is -2.24. The van der Waals surface area contributed by atoms with Crippen molar-refractivity contribution in [3.05, 3.63) is 63.9 Å². The maximum Gasteiger partial charge on any atom is 0.283 e. The van der Waals surface area contributed by atoms with Crippen LogP contribution in [0.4, 0.5) is 4.39 Å². The SMILES string of the molecule is COc1cc(/C=C2\C(=N)N3N=C(S(C)(=O)=O)SC3=NC2=O)cc(Cl)c1OCc1ccccc1F. The number of ether oxygens (including phenoxy) is 2. The van der Waals surface area contributed by atoms with E-state index in [4.69, 9.17) is 26.5 Å². The Morgan fingerprint density at radius 3 is 2.71 bits per heavy atom. The molecular formula is C21H16ClFN4O5S2. The summed E-state index contributed by atoms with van der Waals surface area (Å²) in [6.45, 7) is -0.0862. The van der Waals surface area contributed by atoms with Gasteiger partial charge in [-0.2, -0.15) is 10.0 Å². The van der Waals surface area contributed by atoms with Crippen LogP contribution in [0.3, 0.4) is 0 Å².